The van der Waals surface area contributed by atoms with Crippen LogP contribution >= 0.6 is 0 Å². The maximum absolute atomic E-state index is 3.94. The second kappa shape index (κ2) is 2.52. The summed E-state index contributed by atoms with van der Waals surface area (Å²) < 4.78 is 1.78. The first-order valence-corrected chi connectivity index (χ1v) is 4.26. The summed E-state index contributed by atoms with van der Waals surface area (Å²) in [5, 5.41) is 11.5. The van der Waals surface area contributed by atoms with Crippen LogP contribution in [0.2, 0.25) is 0 Å². The molecule has 0 radical (unpaired) electrons. The van der Waals surface area contributed by atoms with Gasteiger partial charge in [0, 0.05) is 5.41 Å². The van der Waals surface area contributed by atoms with E-state index in [0.717, 1.165) is 11.3 Å². The van der Waals surface area contributed by atoms with Gasteiger partial charge in [-0.15, -0.1) is 5.10 Å². The summed E-state index contributed by atoms with van der Waals surface area (Å²) in [6, 6.07) is 5.92. The molecule has 0 aliphatic carbocycles. The molecule has 0 saturated carbocycles. The Hall–Kier alpha value is -1.45. The van der Waals surface area contributed by atoms with Crippen molar-refractivity contribution >= 4 is 5.65 Å². The first-order valence-electron chi connectivity index (χ1n) is 4.26. The normalized spacial score (nSPS) is 12.2. The van der Waals surface area contributed by atoms with Gasteiger partial charge in [0.05, 0.1) is 5.69 Å². The number of pyridine rings is 1. The molecule has 0 aromatic carbocycles. The van der Waals surface area contributed by atoms with Crippen LogP contribution in [0.15, 0.2) is 18.2 Å². The van der Waals surface area contributed by atoms with Gasteiger partial charge in [-0.2, -0.15) is 4.52 Å². The maximum Gasteiger partial charge on any atom is 0.179 e. The van der Waals surface area contributed by atoms with Crippen molar-refractivity contribution in [2.45, 2.75) is 26.2 Å². The van der Waals surface area contributed by atoms with Crippen LogP contribution in [0, 0.1) is 0 Å². The van der Waals surface area contributed by atoms with E-state index >= 15 is 0 Å². The lowest BCUT2D eigenvalue weighted by Crippen LogP contribution is -2.16. The maximum atomic E-state index is 3.94. The third-order valence-corrected chi connectivity index (χ3v) is 1.99. The number of hydrogen-bond donors (Lipinski definition) is 0. The summed E-state index contributed by atoms with van der Waals surface area (Å²) in [7, 11) is 0. The summed E-state index contributed by atoms with van der Waals surface area (Å²) in [5.41, 5.74) is 1.98. The highest BCUT2D eigenvalue weighted by atomic mass is 15.5. The number of hydrogen-bond acceptors (Lipinski definition) is 3. The van der Waals surface area contributed by atoms with E-state index in [2.05, 4.69) is 36.3 Å². The lowest BCUT2D eigenvalue weighted by molar-refractivity contribution is 0.543. The van der Waals surface area contributed by atoms with Gasteiger partial charge in [0.1, 0.15) is 0 Å². The van der Waals surface area contributed by atoms with Crippen LogP contribution in [-0.4, -0.2) is 20.0 Å². The van der Waals surface area contributed by atoms with Crippen LogP contribution in [0.5, 0.6) is 0 Å². The standard InChI is InChI=1S/C9H12N4/c1-9(2,3)7-5-4-6-8-10-11-12-13(7)8/h4-6H,1-3H3. The molecule has 0 aliphatic rings. The van der Waals surface area contributed by atoms with E-state index in [1.165, 1.54) is 0 Å². The van der Waals surface area contributed by atoms with E-state index in [0.29, 0.717) is 0 Å². The fraction of sp³-hybridized carbons (Fsp3) is 0.444. The molecule has 0 amide bonds. The molecule has 0 fully saturated rings. The van der Waals surface area contributed by atoms with Crippen molar-refractivity contribution in [3.8, 4) is 0 Å². The van der Waals surface area contributed by atoms with Crippen LogP contribution in [0.1, 0.15) is 26.5 Å². The number of aromatic nitrogens is 4. The predicted octanol–water partition coefficient (Wildman–Crippen LogP) is 1.42. The Kier molecular flexibility index (Phi) is 1.58. The van der Waals surface area contributed by atoms with Gasteiger partial charge in [-0.3, -0.25) is 0 Å². The molecule has 2 rings (SSSR count). The van der Waals surface area contributed by atoms with Gasteiger partial charge < -0.3 is 0 Å². The van der Waals surface area contributed by atoms with E-state index in [9.17, 15) is 0 Å². The van der Waals surface area contributed by atoms with Gasteiger partial charge in [0.2, 0.25) is 0 Å². The third kappa shape index (κ3) is 1.28. The molecule has 0 unspecified atom stereocenters. The minimum Gasteiger partial charge on any atom is -0.197 e. The Balaban J connectivity index is 2.75. The Morgan fingerprint density at radius 3 is 2.69 bits per heavy atom. The van der Waals surface area contributed by atoms with Crippen molar-refractivity contribution in [2.75, 3.05) is 0 Å². The van der Waals surface area contributed by atoms with E-state index in [4.69, 9.17) is 0 Å². The Morgan fingerprint density at radius 1 is 1.23 bits per heavy atom. The highest BCUT2D eigenvalue weighted by molar-refractivity contribution is 5.37. The van der Waals surface area contributed by atoms with Crippen molar-refractivity contribution < 1.29 is 0 Å². The van der Waals surface area contributed by atoms with Gasteiger partial charge in [0.25, 0.3) is 0 Å². The van der Waals surface area contributed by atoms with Crippen molar-refractivity contribution in [1.29, 1.82) is 0 Å². The molecular weight excluding hydrogens is 164 g/mol. The first-order chi connectivity index (χ1) is 6.09. The lowest BCUT2D eigenvalue weighted by atomic mass is 9.92. The number of tetrazole rings is 1. The summed E-state index contributed by atoms with van der Waals surface area (Å²) in [4.78, 5) is 0. The highest BCUT2D eigenvalue weighted by Crippen LogP contribution is 2.21. The van der Waals surface area contributed by atoms with E-state index in [1.807, 2.05) is 18.2 Å². The second-order valence-electron chi connectivity index (χ2n) is 4.11. The lowest BCUT2D eigenvalue weighted by Gasteiger charge is -2.18. The van der Waals surface area contributed by atoms with Gasteiger partial charge in [0.15, 0.2) is 5.65 Å². The Labute approximate surface area is 76.6 Å². The molecule has 4 heteroatoms. The molecule has 0 N–H and O–H groups in total. The Morgan fingerprint density at radius 2 is 2.00 bits per heavy atom. The molecule has 13 heavy (non-hydrogen) atoms. The number of rotatable bonds is 0. The molecule has 2 aromatic heterocycles. The summed E-state index contributed by atoms with van der Waals surface area (Å²) >= 11 is 0. The minimum absolute atomic E-state index is 0.0644. The summed E-state index contributed by atoms with van der Waals surface area (Å²) in [6.07, 6.45) is 0. The zero-order valence-electron chi connectivity index (χ0n) is 8.02. The first kappa shape index (κ1) is 8.16. The number of nitrogens with zero attached hydrogens (tertiary/aromatic N) is 4. The predicted molar refractivity (Wildman–Crippen MR) is 49.5 cm³/mol. The van der Waals surface area contributed by atoms with Crippen molar-refractivity contribution in [3.63, 3.8) is 0 Å². The fourth-order valence-corrected chi connectivity index (χ4v) is 1.33. The van der Waals surface area contributed by atoms with E-state index < -0.39 is 0 Å². The summed E-state index contributed by atoms with van der Waals surface area (Å²) in [6.45, 7) is 6.43. The quantitative estimate of drug-likeness (QED) is 0.609. The molecule has 2 heterocycles. The average Bonchev–Trinajstić information content (AvgIpc) is 2.48. The van der Waals surface area contributed by atoms with Gasteiger partial charge in [-0.1, -0.05) is 26.8 Å². The van der Waals surface area contributed by atoms with Crippen LogP contribution in [0.3, 0.4) is 0 Å². The molecule has 0 aliphatic heterocycles. The van der Waals surface area contributed by atoms with Gasteiger partial charge >= 0.3 is 0 Å². The zero-order valence-corrected chi connectivity index (χ0v) is 8.02. The average molecular weight is 176 g/mol. The highest BCUT2D eigenvalue weighted by Gasteiger charge is 2.17. The van der Waals surface area contributed by atoms with E-state index in [1.54, 1.807) is 4.52 Å². The van der Waals surface area contributed by atoms with Gasteiger partial charge in [-0.05, 0) is 22.6 Å². The molecule has 2 aromatic rings. The molecule has 68 valence electrons. The molecular formula is C9H12N4. The van der Waals surface area contributed by atoms with Crippen molar-refractivity contribution in [3.05, 3.63) is 23.9 Å². The zero-order chi connectivity index (χ0) is 9.47. The van der Waals surface area contributed by atoms with Crippen LogP contribution < -0.4 is 0 Å². The minimum atomic E-state index is 0.0644. The third-order valence-electron chi connectivity index (χ3n) is 1.99. The van der Waals surface area contributed by atoms with Crippen LogP contribution in [-0.2, 0) is 5.41 Å². The fourth-order valence-electron chi connectivity index (χ4n) is 1.33. The van der Waals surface area contributed by atoms with E-state index in [-0.39, 0.29) is 5.41 Å². The SMILES string of the molecule is CC(C)(C)c1cccc2nnnn12. The van der Waals surface area contributed by atoms with Crippen LogP contribution in [0.25, 0.3) is 5.65 Å². The molecule has 0 bridgehead atoms. The molecule has 0 spiro atoms. The van der Waals surface area contributed by atoms with Crippen molar-refractivity contribution in [1.82, 2.24) is 20.0 Å². The van der Waals surface area contributed by atoms with Gasteiger partial charge in [-0.25, -0.2) is 0 Å². The molecule has 0 saturated heterocycles. The smallest absolute Gasteiger partial charge is 0.179 e. The largest absolute Gasteiger partial charge is 0.197 e. The molecule has 4 nitrogen and oxygen atoms in total. The molecule has 0 atom stereocenters. The monoisotopic (exact) mass is 176 g/mol. The van der Waals surface area contributed by atoms with Crippen molar-refractivity contribution in [2.24, 2.45) is 0 Å². The topological polar surface area (TPSA) is 43.1 Å². The Bertz CT molecular complexity index is 424. The number of fused-ring (bicyclic) bond motifs is 1. The van der Waals surface area contributed by atoms with Crippen LogP contribution in [0.4, 0.5) is 0 Å². The second-order valence-corrected chi connectivity index (χ2v) is 4.11. The summed E-state index contributed by atoms with van der Waals surface area (Å²) in [5.74, 6) is 0.